The minimum atomic E-state index is -0.218. The number of likely N-dealkylation sites (tertiary alicyclic amines) is 1. The van der Waals surface area contributed by atoms with Gasteiger partial charge in [-0.05, 0) is 19.8 Å². The van der Waals surface area contributed by atoms with Crippen molar-refractivity contribution in [3.05, 3.63) is 11.8 Å². The van der Waals surface area contributed by atoms with E-state index >= 15 is 0 Å². The molecule has 2 aliphatic rings. The first-order valence-corrected chi connectivity index (χ1v) is 10.3. The minimum absolute atomic E-state index is 0.0114. The maximum atomic E-state index is 12.5. The number of carbonyl (C=O) groups is 3. The summed E-state index contributed by atoms with van der Waals surface area (Å²) in [5.41, 5.74) is 0. The van der Waals surface area contributed by atoms with Crippen molar-refractivity contribution in [1.29, 1.82) is 0 Å². The van der Waals surface area contributed by atoms with Crippen LogP contribution >= 0.6 is 11.8 Å². The average molecular weight is 395 g/mol. The van der Waals surface area contributed by atoms with E-state index in [-0.39, 0.29) is 35.3 Å². The second kappa shape index (κ2) is 9.23. The van der Waals surface area contributed by atoms with Crippen LogP contribution < -0.4 is 10.6 Å². The van der Waals surface area contributed by atoms with E-state index in [0.29, 0.717) is 37.8 Å². The fourth-order valence-electron chi connectivity index (χ4n) is 3.37. The first-order valence-electron chi connectivity index (χ1n) is 9.12. The fraction of sp³-hybridized carbons (Fsp3) is 0.647. The summed E-state index contributed by atoms with van der Waals surface area (Å²) in [6.45, 7) is 4.90. The number of hydrogen-bond acceptors (Lipinski definition) is 7. The molecule has 2 saturated heterocycles. The predicted molar refractivity (Wildman–Crippen MR) is 101 cm³/mol. The minimum Gasteiger partial charge on any atom is -0.360 e. The number of piperidine rings is 1. The zero-order valence-electron chi connectivity index (χ0n) is 15.4. The summed E-state index contributed by atoms with van der Waals surface area (Å²) >= 11 is 1.27. The zero-order chi connectivity index (χ0) is 19.2. The van der Waals surface area contributed by atoms with Crippen LogP contribution in [0, 0.1) is 6.92 Å². The quantitative estimate of drug-likeness (QED) is 0.702. The van der Waals surface area contributed by atoms with Crippen LogP contribution in [0.15, 0.2) is 10.6 Å². The molecule has 9 nitrogen and oxygen atoms in total. The van der Waals surface area contributed by atoms with Crippen molar-refractivity contribution >= 4 is 35.3 Å². The van der Waals surface area contributed by atoms with Crippen LogP contribution in [0.25, 0.3) is 0 Å². The molecule has 3 rings (SSSR count). The van der Waals surface area contributed by atoms with Crippen molar-refractivity contribution in [2.24, 2.45) is 0 Å². The van der Waals surface area contributed by atoms with E-state index in [4.69, 9.17) is 4.52 Å². The monoisotopic (exact) mass is 395 g/mol. The number of anilines is 1. The highest BCUT2D eigenvalue weighted by Crippen LogP contribution is 2.18. The van der Waals surface area contributed by atoms with Gasteiger partial charge < -0.3 is 25.0 Å². The van der Waals surface area contributed by atoms with Crippen LogP contribution in [-0.2, 0) is 14.4 Å². The van der Waals surface area contributed by atoms with Crippen LogP contribution in [0.3, 0.4) is 0 Å². The number of nitrogens with zero attached hydrogens (tertiary/aromatic N) is 3. The third-order valence-corrected chi connectivity index (χ3v) is 5.59. The molecule has 1 unspecified atom stereocenters. The number of hydrogen-bond donors (Lipinski definition) is 2. The largest absolute Gasteiger partial charge is 0.360 e. The summed E-state index contributed by atoms with van der Waals surface area (Å²) in [5, 5.41) is 9.41. The van der Waals surface area contributed by atoms with Gasteiger partial charge in [0, 0.05) is 38.3 Å². The van der Waals surface area contributed by atoms with Crippen molar-refractivity contribution in [2.75, 3.05) is 49.5 Å². The van der Waals surface area contributed by atoms with Gasteiger partial charge in [0.15, 0.2) is 5.82 Å². The Morgan fingerprint density at radius 1 is 1.41 bits per heavy atom. The van der Waals surface area contributed by atoms with Crippen molar-refractivity contribution in [1.82, 2.24) is 20.3 Å². The number of piperazine rings is 1. The van der Waals surface area contributed by atoms with Crippen LogP contribution in [0.2, 0.25) is 0 Å². The van der Waals surface area contributed by atoms with E-state index in [1.807, 2.05) is 9.80 Å². The molecule has 2 fully saturated rings. The van der Waals surface area contributed by atoms with Gasteiger partial charge in [-0.15, -0.1) is 11.8 Å². The Morgan fingerprint density at radius 3 is 3.00 bits per heavy atom. The van der Waals surface area contributed by atoms with Gasteiger partial charge in [0.25, 0.3) is 0 Å². The molecular formula is C17H25N5O4S. The molecule has 0 aliphatic carbocycles. The summed E-state index contributed by atoms with van der Waals surface area (Å²) in [4.78, 5) is 40.1. The third-order valence-electron chi connectivity index (χ3n) is 4.67. The number of carbonyl (C=O) groups excluding carboxylic acids is 3. The molecule has 2 aliphatic heterocycles. The van der Waals surface area contributed by atoms with Gasteiger partial charge >= 0.3 is 0 Å². The summed E-state index contributed by atoms with van der Waals surface area (Å²) in [6, 6.07) is 1.74. The number of amides is 3. The standard InChI is InChI=1S/C17H25N5O4S/c1-12-7-14(20-26-12)19-15(23)10-27-11-17(25)21-5-2-3-13(9-21)22-6-4-18-8-16(22)24/h7,13,18H,2-6,8-11H2,1H3,(H,19,20,23). The molecule has 3 heterocycles. The van der Waals surface area contributed by atoms with Gasteiger partial charge in [-0.25, -0.2) is 0 Å². The Labute approximate surface area is 162 Å². The molecule has 1 aromatic heterocycles. The maximum Gasteiger partial charge on any atom is 0.236 e. The Hall–Kier alpha value is -2.07. The highest BCUT2D eigenvalue weighted by Gasteiger charge is 2.31. The van der Waals surface area contributed by atoms with Gasteiger partial charge in [0.05, 0.1) is 18.1 Å². The second-order valence-corrected chi connectivity index (χ2v) is 7.75. The molecule has 0 spiro atoms. The van der Waals surface area contributed by atoms with E-state index < -0.39 is 0 Å². The maximum absolute atomic E-state index is 12.5. The van der Waals surface area contributed by atoms with Crippen molar-refractivity contribution < 1.29 is 18.9 Å². The van der Waals surface area contributed by atoms with E-state index in [2.05, 4.69) is 15.8 Å². The summed E-state index contributed by atoms with van der Waals surface area (Å²) < 4.78 is 4.89. The average Bonchev–Trinajstić information content (AvgIpc) is 3.06. The molecule has 3 amide bonds. The zero-order valence-corrected chi connectivity index (χ0v) is 16.2. The molecule has 27 heavy (non-hydrogen) atoms. The van der Waals surface area contributed by atoms with Crippen LogP contribution in [0.1, 0.15) is 18.6 Å². The van der Waals surface area contributed by atoms with Gasteiger partial charge in [0.2, 0.25) is 17.7 Å². The highest BCUT2D eigenvalue weighted by molar-refractivity contribution is 8.00. The highest BCUT2D eigenvalue weighted by atomic mass is 32.2. The van der Waals surface area contributed by atoms with Gasteiger partial charge in [-0.3, -0.25) is 14.4 Å². The number of rotatable bonds is 6. The van der Waals surface area contributed by atoms with E-state index in [0.717, 1.165) is 19.4 Å². The number of aromatic nitrogens is 1. The molecule has 0 saturated carbocycles. The van der Waals surface area contributed by atoms with Crippen molar-refractivity contribution in [3.8, 4) is 0 Å². The number of aryl methyl sites for hydroxylation is 1. The first kappa shape index (κ1) is 19.7. The lowest BCUT2D eigenvalue weighted by atomic mass is 10.0. The van der Waals surface area contributed by atoms with E-state index in [9.17, 15) is 14.4 Å². The molecule has 148 valence electrons. The van der Waals surface area contributed by atoms with Crippen molar-refractivity contribution in [2.45, 2.75) is 25.8 Å². The van der Waals surface area contributed by atoms with Crippen molar-refractivity contribution in [3.63, 3.8) is 0 Å². The summed E-state index contributed by atoms with van der Waals surface area (Å²) in [6.07, 6.45) is 1.83. The molecule has 2 N–H and O–H groups in total. The first-order chi connectivity index (χ1) is 13.0. The van der Waals surface area contributed by atoms with Gasteiger partial charge in [0.1, 0.15) is 5.76 Å². The Bertz CT molecular complexity index is 695. The SMILES string of the molecule is Cc1cc(NC(=O)CSCC(=O)N2CCCC(N3CCNCC3=O)C2)no1. The molecule has 0 bridgehead atoms. The van der Waals surface area contributed by atoms with Gasteiger partial charge in [-0.2, -0.15) is 0 Å². The van der Waals surface area contributed by atoms with Crippen LogP contribution in [-0.4, -0.2) is 82.9 Å². The molecule has 0 aromatic carbocycles. The summed E-state index contributed by atoms with van der Waals surface area (Å²) in [5.74, 6) is 1.31. The normalized spacial score (nSPS) is 20.6. The Morgan fingerprint density at radius 2 is 2.26 bits per heavy atom. The Kier molecular flexibility index (Phi) is 6.73. The lowest BCUT2D eigenvalue weighted by Crippen LogP contribution is -2.57. The molecule has 10 heteroatoms. The van der Waals surface area contributed by atoms with Crippen LogP contribution in [0.5, 0.6) is 0 Å². The summed E-state index contributed by atoms with van der Waals surface area (Å²) in [7, 11) is 0. The molecule has 1 atom stereocenters. The molecule has 0 radical (unpaired) electrons. The lowest BCUT2D eigenvalue weighted by Gasteiger charge is -2.41. The lowest BCUT2D eigenvalue weighted by molar-refractivity contribution is -0.139. The van der Waals surface area contributed by atoms with Gasteiger partial charge in [-0.1, -0.05) is 5.16 Å². The predicted octanol–water partition coefficient (Wildman–Crippen LogP) is 0.0775. The molecular weight excluding hydrogens is 370 g/mol. The van der Waals surface area contributed by atoms with E-state index in [1.54, 1.807) is 13.0 Å². The van der Waals surface area contributed by atoms with E-state index in [1.165, 1.54) is 11.8 Å². The third kappa shape index (κ3) is 5.46. The number of nitrogens with one attached hydrogen (secondary N) is 2. The number of thioether (sulfide) groups is 1. The smallest absolute Gasteiger partial charge is 0.236 e. The Balaban J connectivity index is 1.41. The fourth-order valence-corrected chi connectivity index (χ4v) is 4.09. The second-order valence-electron chi connectivity index (χ2n) is 6.76. The van der Waals surface area contributed by atoms with Crippen LogP contribution in [0.4, 0.5) is 5.82 Å². The topological polar surface area (TPSA) is 108 Å². The molecule has 1 aromatic rings.